The molecule has 2 aromatic rings. The summed E-state index contributed by atoms with van der Waals surface area (Å²) >= 11 is 11.8. The first kappa shape index (κ1) is 18.5. The van der Waals surface area contributed by atoms with Gasteiger partial charge >= 0.3 is 0 Å². The highest BCUT2D eigenvalue weighted by Gasteiger charge is 2.10. The second-order valence-corrected chi connectivity index (χ2v) is 5.87. The number of amides is 1. The minimum atomic E-state index is -0.587. The summed E-state index contributed by atoms with van der Waals surface area (Å²) in [6, 6.07) is 13.0. The van der Waals surface area contributed by atoms with Crippen LogP contribution in [0.25, 0.3) is 0 Å². The topological polar surface area (TPSA) is 82.0 Å². The molecule has 0 fully saturated rings. The van der Waals surface area contributed by atoms with Gasteiger partial charge in [-0.3, -0.25) is 9.59 Å². The Kier molecular flexibility index (Phi) is 6.18. The van der Waals surface area contributed by atoms with E-state index in [1.165, 1.54) is 13.1 Å². The van der Waals surface area contributed by atoms with Crippen molar-refractivity contribution in [2.75, 3.05) is 10.6 Å². The van der Waals surface area contributed by atoms with E-state index in [4.69, 9.17) is 28.5 Å². The summed E-state index contributed by atoms with van der Waals surface area (Å²) in [6.07, 6.45) is 1.26. The van der Waals surface area contributed by atoms with E-state index in [1.54, 1.807) is 42.5 Å². The van der Waals surface area contributed by atoms with Crippen LogP contribution in [0, 0.1) is 11.3 Å². The van der Waals surface area contributed by atoms with E-state index >= 15 is 0 Å². The molecule has 0 aromatic heterocycles. The van der Waals surface area contributed by atoms with Gasteiger partial charge in [-0.25, -0.2) is 0 Å². The fourth-order valence-corrected chi connectivity index (χ4v) is 2.35. The summed E-state index contributed by atoms with van der Waals surface area (Å²) in [6.45, 7) is 1.46. The number of nitrogens with zero attached hydrogens (tertiary/aromatic N) is 1. The van der Waals surface area contributed by atoms with Crippen LogP contribution in [0.2, 0.25) is 10.0 Å². The molecule has 0 aliphatic carbocycles. The van der Waals surface area contributed by atoms with E-state index < -0.39 is 5.91 Å². The van der Waals surface area contributed by atoms with Gasteiger partial charge in [0.05, 0.1) is 10.7 Å². The third-order valence-electron chi connectivity index (χ3n) is 3.22. The van der Waals surface area contributed by atoms with Gasteiger partial charge in [0.15, 0.2) is 5.78 Å². The maximum atomic E-state index is 12.2. The lowest BCUT2D eigenvalue weighted by Gasteiger charge is -2.07. The Morgan fingerprint density at radius 2 is 1.80 bits per heavy atom. The van der Waals surface area contributed by atoms with Gasteiger partial charge in [-0.05, 0) is 49.4 Å². The Hall–Kier alpha value is -2.81. The SMILES string of the molecule is CC(=O)c1ccc(NC(=O)/C(C#N)=C\Nc2ccc(Cl)cc2Cl)cc1. The van der Waals surface area contributed by atoms with Crippen LogP contribution in [0.15, 0.2) is 54.2 Å². The lowest BCUT2D eigenvalue weighted by molar-refractivity contribution is -0.112. The van der Waals surface area contributed by atoms with E-state index in [9.17, 15) is 9.59 Å². The molecular formula is C18H13Cl2N3O2. The summed E-state index contributed by atoms with van der Waals surface area (Å²) in [5.41, 5.74) is 1.38. The molecule has 0 atom stereocenters. The van der Waals surface area contributed by atoms with E-state index in [0.717, 1.165) is 0 Å². The molecule has 25 heavy (non-hydrogen) atoms. The van der Waals surface area contributed by atoms with Crippen LogP contribution in [0.3, 0.4) is 0 Å². The minimum Gasteiger partial charge on any atom is -0.359 e. The molecule has 126 valence electrons. The third kappa shape index (κ3) is 5.08. The predicted octanol–water partition coefficient (Wildman–Crippen LogP) is 4.65. The van der Waals surface area contributed by atoms with Gasteiger partial charge in [-0.2, -0.15) is 5.26 Å². The van der Waals surface area contributed by atoms with Crippen molar-refractivity contribution in [2.45, 2.75) is 6.92 Å². The molecule has 0 bridgehead atoms. The molecule has 7 heteroatoms. The van der Waals surface area contributed by atoms with E-state index in [0.29, 0.717) is 27.0 Å². The van der Waals surface area contributed by atoms with Crippen molar-refractivity contribution in [1.29, 1.82) is 5.26 Å². The minimum absolute atomic E-state index is 0.0699. The zero-order chi connectivity index (χ0) is 18.4. The van der Waals surface area contributed by atoms with Crippen LogP contribution in [0.5, 0.6) is 0 Å². The van der Waals surface area contributed by atoms with Gasteiger partial charge in [0.25, 0.3) is 5.91 Å². The number of carbonyl (C=O) groups is 2. The molecule has 0 saturated heterocycles. The smallest absolute Gasteiger partial charge is 0.267 e. The number of carbonyl (C=O) groups excluding carboxylic acids is 2. The lowest BCUT2D eigenvalue weighted by Crippen LogP contribution is -2.14. The normalized spacial score (nSPS) is 10.7. The fraction of sp³-hybridized carbons (Fsp3) is 0.0556. The molecule has 0 unspecified atom stereocenters. The molecule has 2 rings (SSSR count). The molecule has 5 nitrogen and oxygen atoms in total. The second-order valence-electron chi connectivity index (χ2n) is 5.03. The number of benzene rings is 2. The van der Waals surface area contributed by atoms with E-state index in [2.05, 4.69) is 10.6 Å². The third-order valence-corrected chi connectivity index (χ3v) is 3.77. The van der Waals surface area contributed by atoms with Crippen LogP contribution >= 0.6 is 23.2 Å². The van der Waals surface area contributed by atoms with Crippen molar-refractivity contribution >= 4 is 46.3 Å². The second kappa shape index (κ2) is 8.34. The predicted molar refractivity (Wildman–Crippen MR) is 98.9 cm³/mol. The van der Waals surface area contributed by atoms with Crippen molar-refractivity contribution in [3.05, 3.63) is 69.8 Å². The van der Waals surface area contributed by atoms with Gasteiger partial charge < -0.3 is 10.6 Å². The summed E-state index contributed by atoms with van der Waals surface area (Å²) in [4.78, 5) is 23.4. The number of nitrogens with one attached hydrogen (secondary N) is 2. The average Bonchev–Trinajstić information content (AvgIpc) is 2.57. The maximum Gasteiger partial charge on any atom is 0.267 e. The first-order chi connectivity index (χ1) is 11.9. The molecule has 2 aromatic carbocycles. The number of ketones is 1. The largest absolute Gasteiger partial charge is 0.359 e. The molecule has 0 heterocycles. The van der Waals surface area contributed by atoms with Crippen LogP contribution in [-0.4, -0.2) is 11.7 Å². The van der Waals surface area contributed by atoms with Crippen LogP contribution < -0.4 is 10.6 Å². The fourth-order valence-electron chi connectivity index (χ4n) is 1.89. The maximum absolute atomic E-state index is 12.2. The molecule has 0 aliphatic heterocycles. The number of anilines is 2. The number of hydrogen-bond donors (Lipinski definition) is 2. The molecule has 1 amide bonds. The number of hydrogen-bond acceptors (Lipinski definition) is 4. The Balaban J connectivity index is 2.09. The Morgan fingerprint density at radius 1 is 1.12 bits per heavy atom. The number of Topliss-reactive ketones (excluding diaryl/α,β-unsaturated/α-hetero) is 1. The lowest BCUT2D eigenvalue weighted by atomic mass is 10.1. The monoisotopic (exact) mass is 373 g/mol. The van der Waals surface area contributed by atoms with Crippen molar-refractivity contribution in [2.24, 2.45) is 0 Å². The van der Waals surface area contributed by atoms with E-state index in [1.807, 2.05) is 6.07 Å². The van der Waals surface area contributed by atoms with Gasteiger partial charge in [0, 0.05) is 22.5 Å². The summed E-state index contributed by atoms with van der Waals surface area (Å²) in [7, 11) is 0. The average molecular weight is 374 g/mol. The highest BCUT2D eigenvalue weighted by atomic mass is 35.5. The zero-order valence-corrected chi connectivity index (χ0v) is 14.7. The molecular weight excluding hydrogens is 361 g/mol. The molecule has 2 N–H and O–H groups in total. The van der Waals surface area contributed by atoms with Gasteiger partial charge in [0.2, 0.25) is 0 Å². The standard InChI is InChI=1S/C18H13Cl2N3O2/c1-11(24)12-2-5-15(6-3-12)23-18(25)13(9-21)10-22-17-7-4-14(19)8-16(17)20/h2-8,10,22H,1H3,(H,23,25)/b13-10-. The molecule has 0 aliphatic rings. The quantitative estimate of drug-likeness (QED) is 0.453. The highest BCUT2D eigenvalue weighted by Crippen LogP contribution is 2.25. The van der Waals surface area contributed by atoms with Crippen molar-refractivity contribution < 1.29 is 9.59 Å². The first-order valence-electron chi connectivity index (χ1n) is 7.15. The Labute approximate surface area is 154 Å². The summed E-state index contributed by atoms with van der Waals surface area (Å²) < 4.78 is 0. The number of nitriles is 1. The van der Waals surface area contributed by atoms with Gasteiger partial charge in [0.1, 0.15) is 11.6 Å². The first-order valence-corrected chi connectivity index (χ1v) is 7.90. The van der Waals surface area contributed by atoms with Crippen molar-refractivity contribution in [1.82, 2.24) is 0 Å². The van der Waals surface area contributed by atoms with Crippen LogP contribution in [0.1, 0.15) is 17.3 Å². The highest BCUT2D eigenvalue weighted by molar-refractivity contribution is 6.36. The van der Waals surface area contributed by atoms with Crippen LogP contribution in [0.4, 0.5) is 11.4 Å². The molecule has 0 radical (unpaired) electrons. The number of rotatable bonds is 5. The Bertz CT molecular complexity index is 884. The summed E-state index contributed by atoms with van der Waals surface area (Å²) in [5, 5.41) is 15.4. The molecule has 0 spiro atoms. The summed E-state index contributed by atoms with van der Waals surface area (Å²) in [5.74, 6) is -0.657. The number of halogens is 2. The van der Waals surface area contributed by atoms with Crippen LogP contribution in [-0.2, 0) is 4.79 Å². The van der Waals surface area contributed by atoms with Gasteiger partial charge in [-0.1, -0.05) is 23.2 Å². The van der Waals surface area contributed by atoms with Gasteiger partial charge in [-0.15, -0.1) is 0 Å². The zero-order valence-electron chi connectivity index (χ0n) is 13.1. The van der Waals surface area contributed by atoms with Crippen molar-refractivity contribution in [3.8, 4) is 6.07 Å². The van der Waals surface area contributed by atoms with E-state index in [-0.39, 0.29) is 11.4 Å². The Morgan fingerprint density at radius 3 is 2.36 bits per heavy atom. The van der Waals surface area contributed by atoms with Crippen molar-refractivity contribution in [3.63, 3.8) is 0 Å². The molecule has 0 saturated carbocycles.